The highest BCUT2D eigenvalue weighted by Gasteiger charge is 2.08. The topological polar surface area (TPSA) is 64.9 Å². The molecule has 6 heteroatoms. The van der Waals surface area contributed by atoms with E-state index in [9.17, 15) is 0 Å². The lowest BCUT2D eigenvalue weighted by Gasteiger charge is -2.11. The zero-order valence-corrected chi connectivity index (χ0v) is 12.3. The van der Waals surface area contributed by atoms with Gasteiger partial charge in [0.1, 0.15) is 18.7 Å². The number of nitrogens with one attached hydrogen (secondary N) is 1. The first-order chi connectivity index (χ1) is 9.70. The number of nitrogens with zero attached hydrogens (tertiary/aromatic N) is 4. The van der Waals surface area contributed by atoms with Gasteiger partial charge in [-0.25, -0.2) is 4.98 Å². The second kappa shape index (κ2) is 7.00. The molecule has 0 aliphatic rings. The number of hydrogen-bond donors (Lipinski definition) is 1. The van der Waals surface area contributed by atoms with E-state index in [1.807, 2.05) is 26.1 Å². The lowest BCUT2D eigenvalue weighted by molar-refractivity contribution is 0.284. The molecule has 0 saturated carbocycles. The summed E-state index contributed by atoms with van der Waals surface area (Å²) in [6.45, 7) is 6.20. The van der Waals surface area contributed by atoms with Crippen LogP contribution in [0.1, 0.15) is 30.6 Å². The Balaban J connectivity index is 2.04. The maximum atomic E-state index is 5.82. The molecule has 2 rings (SSSR count). The fraction of sp³-hybridized carbons (Fsp3) is 0.500. The van der Waals surface area contributed by atoms with Gasteiger partial charge in [0, 0.05) is 19.3 Å². The Morgan fingerprint density at radius 3 is 2.90 bits per heavy atom. The van der Waals surface area contributed by atoms with Crippen LogP contribution in [-0.2, 0) is 20.2 Å². The van der Waals surface area contributed by atoms with Gasteiger partial charge in [-0.2, -0.15) is 5.10 Å². The number of pyridine rings is 1. The van der Waals surface area contributed by atoms with Gasteiger partial charge in [-0.1, -0.05) is 6.92 Å². The summed E-state index contributed by atoms with van der Waals surface area (Å²) in [7, 11) is 1.85. The van der Waals surface area contributed by atoms with Gasteiger partial charge in [0.25, 0.3) is 0 Å². The quantitative estimate of drug-likeness (QED) is 0.777. The Kier molecular flexibility index (Phi) is 5.06. The summed E-state index contributed by atoms with van der Waals surface area (Å²) in [5.74, 6) is 1.58. The van der Waals surface area contributed by atoms with Crippen molar-refractivity contribution in [1.82, 2.24) is 25.1 Å². The van der Waals surface area contributed by atoms with Crippen LogP contribution in [0.4, 0.5) is 0 Å². The molecule has 108 valence electrons. The summed E-state index contributed by atoms with van der Waals surface area (Å²) in [5, 5.41) is 7.37. The van der Waals surface area contributed by atoms with Crippen LogP contribution in [0.5, 0.6) is 5.75 Å². The monoisotopic (exact) mass is 275 g/mol. The van der Waals surface area contributed by atoms with E-state index in [0.29, 0.717) is 13.2 Å². The van der Waals surface area contributed by atoms with Crippen molar-refractivity contribution in [1.29, 1.82) is 0 Å². The molecule has 0 aliphatic heterocycles. The van der Waals surface area contributed by atoms with Crippen molar-refractivity contribution >= 4 is 0 Å². The molecular formula is C14H21N5O. The smallest absolute Gasteiger partial charge is 0.164 e. The van der Waals surface area contributed by atoms with Gasteiger partial charge in [0.05, 0.1) is 5.69 Å². The highest BCUT2D eigenvalue weighted by molar-refractivity contribution is 5.29. The van der Waals surface area contributed by atoms with Crippen LogP contribution in [-0.4, -0.2) is 26.3 Å². The third-order valence-corrected chi connectivity index (χ3v) is 2.95. The van der Waals surface area contributed by atoms with Crippen LogP contribution >= 0.6 is 0 Å². The number of aryl methyl sites for hydroxylation is 2. The molecule has 0 amide bonds. The SMILES string of the molecule is CCCNCc1nc(C)ccc1OCc1ncnn1C. The zero-order valence-electron chi connectivity index (χ0n) is 12.3. The first kappa shape index (κ1) is 14.5. The largest absolute Gasteiger partial charge is 0.484 e. The van der Waals surface area contributed by atoms with Crippen molar-refractivity contribution in [2.45, 2.75) is 33.4 Å². The van der Waals surface area contributed by atoms with Crippen LogP contribution in [0, 0.1) is 6.92 Å². The van der Waals surface area contributed by atoms with Gasteiger partial charge in [-0.3, -0.25) is 9.67 Å². The lowest BCUT2D eigenvalue weighted by atomic mass is 10.2. The summed E-state index contributed by atoms with van der Waals surface area (Å²) >= 11 is 0. The minimum absolute atomic E-state index is 0.391. The molecule has 2 aromatic rings. The molecule has 20 heavy (non-hydrogen) atoms. The van der Waals surface area contributed by atoms with Gasteiger partial charge in [0.15, 0.2) is 5.82 Å². The molecule has 1 N–H and O–H groups in total. The molecule has 0 spiro atoms. The van der Waals surface area contributed by atoms with Crippen molar-refractivity contribution in [3.63, 3.8) is 0 Å². The van der Waals surface area contributed by atoms with Crippen LogP contribution < -0.4 is 10.1 Å². The second-order valence-corrected chi connectivity index (χ2v) is 4.66. The van der Waals surface area contributed by atoms with E-state index in [1.165, 1.54) is 6.33 Å². The molecule has 0 radical (unpaired) electrons. The van der Waals surface area contributed by atoms with E-state index in [0.717, 1.165) is 35.9 Å². The molecule has 0 aliphatic carbocycles. The molecule has 2 heterocycles. The molecule has 0 unspecified atom stereocenters. The third kappa shape index (κ3) is 3.77. The highest BCUT2D eigenvalue weighted by Crippen LogP contribution is 2.18. The fourth-order valence-corrected chi connectivity index (χ4v) is 1.83. The molecule has 0 fully saturated rings. The van der Waals surface area contributed by atoms with Crippen LogP contribution in [0.15, 0.2) is 18.5 Å². The maximum absolute atomic E-state index is 5.82. The first-order valence-electron chi connectivity index (χ1n) is 6.83. The summed E-state index contributed by atoms with van der Waals surface area (Å²) in [6, 6.07) is 3.91. The van der Waals surface area contributed by atoms with Crippen LogP contribution in [0.25, 0.3) is 0 Å². The lowest BCUT2D eigenvalue weighted by Crippen LogP contribution is -2.16. The Bertz CT molecular complexity index is 552. The van der Waals surface area contributed by atoms with Gasteiger partial charge >= 0.3 is 0 Å². The highest BCUT2D eigenvalue weighted by atomic mass is 16.5. The number of rotatable bonds is 7. The van der Waals surface area contributed by atoms with Gasteiger partial charge in [-0.05, 0) is 32.0 Å². The van der Waals surface area contributed by atoms with E-state index >= 15 is 0 Å². The number of hydrogen-bond acceptors (Lipinski definition) is 5. The summed E-state index contributed by atoms with van der Waals surface area (Å²) in [5.41, 5.74) is 1.92. The second-order valence-electron chi connectivity index (χ2n) is 4.66. The average Bonchev–Trinajstić information content (AvgIpc) is 2.84. The summed E-state index contributed by atoms with van der Waals surface area (Å²) in [4.78, 5) is 8.68. The Hall–Kier alpha value is -1.95. The predicted octanol–water partition coefficient (Wildman–Crippen LogP) is 1.60. The molecule has 0 bridgehead atoms. The molecular weight excluding hydrogens is 254 g/mol. The summed E-state index contributed by atoms with van der Waals surface area (Å²) < 4.78 is 7.53. The Morgan fingerprint density at radius 1 is 1.35 bits per heavy atom. The van der Waals surface area contributed by atoms with E-state index in [-0.39, 0.29) is 0 Å². The molecule has 0 atom stereocenters. The standard InChI is InChI=1S/C14H21N5O/c1-4-7-15-8-12-13(6-5-11(2)18-12)20-9-14-16-10-17-19(14)3/h5-6,10,15H,4,7-9H2,1-3H3. The van der Waals surface area contributed by atoms with Gasteiger partial charge in [-0.15, -0.1) is 0 Å². The number of aromatic nitrogens is 4. The molecule has 2 aromatic heterocycles. The number of ether oxygens (including phenoxy) is 1. The minimum Gasteiger partial charge on any atom is -0.484 e. The van der Waals surface area contributed by atoms with Crippen molar-refractivity contribution in [3.8, 4) is 5.75 Å². The van der Waals surface area contributed by atoms with Crippen molar-refractivity contribution in [2.75, 3.05) is 6.54 Å². The Morgan fingerprint density at radius 2 is 2.20 bits per heavy atom. The van der Waals surface area contributed by atoms with Crippen molar-refractivity contribution in [3.05, 3.63) is 35.7 Å². The fourth-order valence-electron chi connectivity index (χ4n) is 1.83. The van der Waals surface area contributed by atoms with Gasteiger partial charge < -0.3 is 10.1 Å². The van der Waals surface area contributed by atoms with Gasteiger partial charge in [0.2, 0.25) is 0 Å². The average molecular weight is 275 g/mol. The molecule has 0 aromatic carbocycles. The van der Waals surface area contributed by atoms with Crippen molar-refractivity contribution < 1.29 is 4.74 Å². The third-order valence-electron chi connectivity index (χ3n) is 2.95. The minimum atomic E-state index is 0.391. The van der Waals surface area contributed by atoms with Crippen molar-refractivity contribution in [2.24, 2.45) is 7.05 Å². The molecule has 6 nitrogen and oxygen atoms in total. The first-order valence-corrected chi connectivity index (χ1v) is 6.83. The van der Waals surface area contributed by atoms with E-state index in [2.05, 4.69) is 27.3 Å². The predicted molar refractivity (Wildman–Crippen MR) is 76.3 cm³/mol. The zero-order chi connectivity index (χ0) is 14.4. The van der Waals surface area contributed by atoms with E-state index in [1.54, 1.807) is 4.68 Å². The molecule has 0 saturated heterocycles. The maximum Gasteiger partial charge on any atom is 0.164 e. The normalized spacial score (nSPS) is 10.8. The Labute approximate surface area is 119 Å². The summed E-state index contributed by atoms with van der Waals surface area (Å²) in [6.07, 6.45) is 2.62. The van der Waals surface area contributed by atoms with E-state index in [4.69, 9.17) is 4.74 Å². The van der Waals surface area contributed by atoms with Crippen LogP contribution in [0.2, 0.25) is 0 Å². The van der Waals surface area contributed by atoms with Crippen LogP contribution in [0.3, 0.4) is 0 Å². The van der Waals surface area contributed by atoms with E-state index < -0.39 is 0 Å².